The number of hydrogen-bond acceptors (Lipinski definition) is 6. The number of aromatic nitrogens is 1. The molecule has 1 aromatic heterocycles. The number of nitrogens with one attached hydrogen (secondary N) is 1. The molecular weight excluding hydrogens is 356 g/mol. The van der Waals surface area contributed by atoms with Crippen LogP contribution in [0.5, 0.6) is 5.75 Å². The maximum Gasteiger partial charge on any atom is 0.411 e. The normalized spacial score (nSPS) is 11.3. The molecule has 3 aromatic rings. The van der Waals surface area contributed by atoms with Crippen molar-refractivity contribution in [3.05, 3.63) is 60.3 Å². The van der Waals surface area contributed by atoms with E-state index in [9.17, 15) is 18.3 Å². The number of hydrogen-bond donors (Lipinski definition) is 2. The van der Waals surface area contributed by atoms with Crippen LogP contribution in [0.4, 0.5) is 10.5 Å². The Morgan fingerprint density at radius 1 is 1.19 bits per heavy atom. The minimum atomic E-state index is -3.64. The standard InChI is InChI=1S/C18H16N2O5S/c1-26(23,24)17-9-13-14(7-8-19-15(13)10-16(17)21)20-18(22)25-11-12-5-3-2-4-6-12/h2-10,21H,11H2,1H3,(H,19,20,22). The number of fused-ring (bicyclic) bond motifs is 1. The van der Waals surface area contributed by atoms with E-state index in [1.54, 1.807) is 0 Å². The third-order valence-corrected chi connectivity index (χ3v) is 4.80. The Morgan fingerprint density at radius 2 is 1.92 bits per heavy atom. The van der Waals surface area contributed by atoms with Crippen LogP contribution in [0, 0.1) is 0 Å². The Morgan fingerprint density at radius 3 is 2.62 bits per heavy atom. The molecule has 2 N–H and O–H groups in total. The van der Waals surface area contributed by atoms with Gasteiger partial charge in [0.1, 0.15) is 17.3 Å². The molecule has 0 atom stereocenters. The van der Waals surface area contributed by atoms with E-state index in [-0.39, 0.29) is 11.5 Å². The van der Waals surface area contributed by atoms with Crippen LogP contribution >= 0.6 is 0 Å². The number of carbonyl (C=O) groups is 1. The van der Waals surface area contributed by atoms with Crippen molar-refractivity contribution in [2.75, 3.05) is 11.6 Å². The van der Waals surface area contributed by atoms with Crippen LogP contribution < -0.4 is 5.32 Å². The number of ether oxygens (including phenoxy) is 1. The Bertz CT molecular complexity index is 1070. The first-order valence-electron chi connectivity index (χ1n) is 7.64. The van der Waals surface area contributed by atoms with Crippen LogP contribution in [0.1, 0.15) is 5.56 Å². The minimum absolute atomic E-state index is 0.102. The van der Waals surface area contributed by atoms with Crippen molar-refractivity contribution in [1.82, 2.24) is 4.98 Å². The summed E-state index contributed by atoms with van der Waals surface area (Å²) < 4.78 is 28.8. The van der Waals surface area contributed by atoms with Gasteiger partial charge in [0.2, 0.25) is 0 Å². The summed E-state index contributed by atoms with van der Waals surface area (Å²) in [6, 6.07) is 13.2. The van der Waals surface area contributed by atoms with Gasteiger partial charge in [0, 0.05) is 23.9 Å². The average molecular weight is 372 g/mol. The maximum absolute atomic E-state index is 12.1. The number of rotatable bonds is 4. The van der Waals surface area contributed by atoms with Crippen molar-refractivity contribution in [2.45, 2.75) is 11.5 Å². The number of phenolic OH excluding ortho intramolecular Hbond substituents is 1. The zero-order valence-electron chi connectivity index (χ0n) is 13.8. The van der Waals surface area contributed by atoms with Gasteiger partial charge in [-0.15, -0.1) is 0 Å². The van der Waals surface area contributed by atoms with Crippen molar-refractivity contribution in [2.24, 2.45) is 0 Å². The van der Waals surface area contributed by atoms with Crippen LogP contribution in [-0.4, -0.2) is 30.9 Å². The van der Waals surface area contributed by atoms with Gasteiger partial charge in [-0.1, -0.05) is 30.3 Å². The van der Waals surface area contributed by atoms with Gasteiger partial charge >= 0.3 is 6.09 Å². The summed E-state index contributed by atoms with van der Waals surface area (Å²) in [5.74, 6) is -0.392. The first kappa shape index (κ1) is 17.7. The van der Waals surface area contributed by atoms with E-state index < -0.39 is 21.7 Å². The molecule has 0 radical (unpaired) electrons. The highest BCUT2D eigenvalue weighted by Crippen LogP contribution is 2.31. The summed E-state index contributed by atoms with van der Waals surface area (Å²) in [6.45, 7) is 0.102. The molecule has 0 saturated carbocycles. The second kappa shape index (κ2) is 7.01. The molecule has 0 aliphatic heterocycles. The number of pyridine rings is 1. The molecule has 0 aliphatic carbocycles. The molecule has 1 amide bonds. The molecule has 0 bridgehead atoms. The maximum atomic E-state index is 12.1. The summed E-state index contributed by atoms with van der Waals surface area (Å²) in [4.78, 5) is 15.9. The first-order valence-corrected chi connectivity index (χ1v) is 9.53. The number of amides is 1. The summed E-state index contributed by atoms with van der Waals surface area (Å²) in [5.41, 5.74) is 1.51. The van der Waals surface area contributed by atoms with E-state index in [1.165, 1.54) is 24.4 Å². The van der Waals surface area contributed by atoms with Gasteiger partial charge in [-0.25, -0.2) is 13.2 Å². The zero-order valence-corrected chi connectivity index (χ0v) is 14.7. The third-order valence-electron chi connectivity index (χ3n) is 3.67. The Kier molecular flexibility index (Phi) is 4.77. The van der Waals surface area contributed by atoms with Gasteiger partial charge in [0.05, 0.1) is 11.2 Å². The lowest BCUT2D eigenvalue weighted by molar-refractivity contribution is 0.155. The Balaban J connectivity index is 1.86. The van der Waals surface area contributed by atoms with E-state index in [1.807, 2.05) is 30.3 Å². The number of aromatic hydroxyl groups is 1. The van der Waals surface area contributed by atoms with Crippen molar-refractivity contribution < 1.29 is 23.1 Å². The van der Waals surface area contributed by atoms with Gasteiger partial charge in [-0.3, -0.25) is 10.3 Å². The van der Waals surface area contributed by atoms with Gasteiger partial charge < -0.3 is 9.84 Å². The lowest BCUT2D eigenvalue weighted by Crippen LogP contribution is -2.14. The fourth-order valence-corrected chi connectivity index (χ4v) is 3.21. The molecule has 3 rings (SSSR count). The van der Waals surface area contributed by atoms with E-state index in [0.717, 1.165) is 11.8 Å². The molecule has 2 aromatic carbocycles. The number of anilines is 1. The predicted molar refractivity (Wildman–Crippen MR) is 96.8 cm³/mol. The molecule has 8 heteroatoms. The highest BCUT2D eigenvalue weighted by molar-refractivity contribution is 7.90. The first-order chi connectivity index (χ1) is 12.3. The molecule has 26 heavy (non-hydrogen) atoms. The molecule has 134 valence electrons. The fraction of sp³-hybridized carbons (Fsp3) is 0.111. The third kappa shape index (κ3) is 3.92. The molecule has 0 aliphatic rings. The van der Waals surface area contributed by atoms with E-state index >= 15 is 0 Å². The molecule has 0 unspecified atom stereocenters. The summed E-state index contributed by atoms with van der Waals surface area (Å²) in [7, 11) is -3.64. The van der Waals surface area contributed by atoms with Crippen LogP contribution in [0.2, 0.25) is 0 Å². The van der Waals surface area contributed by atoms with Crippen molar-refractivity contribution >= 4 is 32.5 Å². The van der Waals surface area contributed by atoms with Gasteiger partial charge in [-0.2, -0.15) is 0 Å². The molecule has 0 fully saturated rings. The lowest BCUT2D eigenvalue weighted by atomic mass is 10.2. The average Bonchev–Trinajstić information content (AvgIpc) is 2.59. The lowest BCUT2D eigenvalue weighted by Gasteiger charge is -2.11. The Hall–Kier alpha value is -3.13. The van der Waals surface area contributed by atoms with Crippen LogP contribution in [-0.2, 0) is 21.2 Å². The number of phenols is 1. The largest absolute Gasteiger partial charge is 0.507 e. The van der Waals surface area contributed by atoms with Crippen LogP contribution in [0.25, 0.3) is 10.9 Å². The van der Waals surface area contributed by atoms with Gasteiger partial charge in [-0.05, 0) is 17.7 Å². The van der Waals surface area contributed by atoms with Crippen molar-refractivity contribution in [3.63, 3.8) is 0 Å². The van der Waals surface area contributed by atoms with Crippen LogP contribution in [0.3, 0.4) is 0 Å². The Labute approximate surface area is 150 Å². The van der Waals surface area contributed by atoms with Crippen molar-refractivity contribution in [3.8, 4) is 5.75 Å². The van der Waals surface area contributed by atoms with E-state index in [2.05, 4.69) is 10.3 Å². The quantitative estimate of drug-likeness (QED) is 0.729. The topological polar surface area (TPSA) is 106 Å². The minimum Gasteiger partial charge on any atom is -0.507 e. The number of benzene rings is 2. The van der Waals surface area contributed by atoms with E-state index in [0.29, 0.717) is 16.6 Å². The predicted octanol–water partition coefficient (Wildman–Crippen LogP) is 3.09. The van der Waals surface area contributed by atoms with Gasteiger partial charge in [0.15, 0.2) is 9.84 Å². The molecule has 1 heterocycles. The number of nitrogens with zero attached hydrogens (tertiary/aromatic N) is 1. The molecule has 0 spiro atoms. The highest BCUT2D eigenvalue weighted by Gasteiger charge is 2.17. The summed E-state index contributed by atoms with van der Waals surface area (Å²) in [6.07, 6.45) is 1.75. The summed E-state index contributed by atoms with van der Waals surface area (Å²) >= 11 is 0. The highest BCUT2D eigenvalue weighted by atomic mass is 32.2. The summed E-state index contributed by atoms with van der Waals surface area (Å²) in [5, 5.41) is 12.8. The van der Waals surface area contributed by atoms with Gasteiger partial charge in [0.25, 0.3) is 0 Å². The molecule has 7 nitrogen and oxygen atoms in total. The molecule has 0 saturated heterocycles. The van der Waals surface area contributed by atoms with Crippen molar-refractivity contribution in [1.29, 1.82) is 0 Å². The SMILES string of the molecule is CS(=O)(=O)c1cc2c(NC(=O)OCc3ccccc3)ccnc2cc1O. The number of sulfone groups is 1. The van der Waals surface area contributed by atoms with Crippen LogP contribution in [0.15, 0.2) is 59.6 Å². The second-order valence-corrected chi connectivity index (χ2v) is 7.64. The fourth-order valence-electron chi connectivity index (χ4n) is 2.44. The smallest absolute Gasteiger partial charge is 0.411 e. The zero-order chi connectivity index (χ0) is 18.7. The monoisotopic (exact) mass is 372 g/mol. The second-order valence-electron chi connectivity index (χ2n) is 5.65. The molecular formula is C18H16N2O5S. The van der Waals surface area contributed by atoms with E-state index in [4.69, 9.17) is 4.74 Å². The number of carbonyl (C=O) groups excluding carboxylic acids is 1.